The second kappa shape index (κ2) is 8.37. The molecule has 146 valence electrons. The number of carbonyl (C=O) groups excluding carboxylic acids is 1. The molecular formula is C20H27N3O4. The van der Waals surface area contributed by atoms with E-state index in [1.165, 1.54) is 0 Å². The molecule has 2 fully saturated rings. The summed E-state index contributed by atoms with van der Waals surface area (Å²) in [5.41, 5.74) is 1.41. The van der Waals surface area contributed by atoms with Crippen molar-refractivity contribution in [2.24, 2.45) is 5.92 Å². The lowest BCUT2D eigenvalue weighted by molar-refractivity contribution is -0.132. The van der Waals surface area contributed by atoms with Gasteiger partial charge in [-0.3, -0.25) is 9.69 Å². The van der Waals surface area contributed by atoms with Crippen LogP contribution in [0.1, 0.15) is 18.5 Å². The van der Waals surface area contributed by atoms with Crippen LogP contribution in [0.4, 0.5) is 0 Å². The number of hydrogen-bond acceptors (Lipinski definition) is 6. The van der Waals surface area contributed by atoms with E-state index in [1.807, 2.05) is 29.2 Å². The molecule has 0 aliphatic carbocycles. The normalized spacial score (nSPS) is 20.9. The molecule has 7 nitrogen and oxygen atoms in total. The zero-order valence-corrected chi connectivity index (χ0v) is 15.5. The van der Waals surface area contributed by atoms with E-state index in [-0.39, 0.29) is 24.3 Å². The van der Waals surface area contributed by atoms with Crippen molar-refractivity contribution in [1.82, 2.24) is 15.0 Å². The van der Waals surface area contributed by atoms with Crippen molar-refractivity contribution in [3.8, 4) is 0 Å². The highest BCUT2D eigenvalue weighted by molar-refractivity contribution is 5.86. The van der Waals surface area contributed by atoms with Gasteiger partial charge in [-0.05, 0) is 30.9 Å². The minimum Gasteiger partial charge on any atom is -0.392 e. The van der Waals surface area contributed by atoms with Crippen LogP contribution in [-0.2, 0) is 16.0 Å². The molecule has 0 radical (unpaired) electrons. The minimum atomic E-state index is -0.333. The minimum absolute atomic E-state index is 0.0789. The second-order valence-corrected chi connectivity index (χ2v) is 7.50. The number of para-hydroxylation sites is 1. The zero-order valence-electron chi connectivity index (χ0n) is 15.5. The number of likely N-dealkylation sites (tertiary alicyclic amines) is 1. The van der Waals surface area contributed by atoms with Crippen LogP contribution >= 0.6 is 0 Å². The van der Waals surface area contributed by atoms with Crippen molar-refractivity contribution in [3.05, 3.63) is 30.0 Å². The van der Waals surface area contributed by atoms with Crippen molar-refractivity contribution >= 4 is 16.9 Å². The third-order valence-corrected chi connectivity index (χ3v) is 5.76. The maximum atomic E-state index is 12.7. The molecule has 1 aromatic carbocycles. The SMILES string of the molecule is O=C(Cc1noc2ccccc12)N1CCC(C(O)CN2CCOCC2)CC1. The third kappa shape index (κ3) is 4.31. The summed E-state index contributed by atoms with van der Waals surface area (Å²) in [5, 5.41) is 15.5. The van der Waals surface area contributed by atoms with Crippen LogP contribution in [0.25, 0.3) is 11.0 Å². The number of piperidine rings is 1. The van der Waals surface area contributed by atoms with E-state index in [2.05, 4.69) is 10.1 Å². The summed E-state index contributed by atoms with van der Waals surface area (Å²) >= 11 is 0. The number of morpholine rings is 1. The molecule has 1 unspecified atom stereocenters. The van der Waals surface area contributed by atoms with E-state index < -0.39 is 0 Å². The van der Waals surface area contributed by atoms with Gasteiger partial charge >= 0.3 is 0 Å². The van der Waals surface area contributed by atoms with Gasteiger partial charge in [-0.15, -0.1) is 0 Å². The number of ether oxygens (including phenoxy) is 1. The Morgan fingerprint density at radius 3 is 2.70 bits per heavy atom. The van der Waals surface area contributed by atoms with Gasteiger partial charge in [0.05, 0.1) is 25.7 Å². The number of amides is 1. The highest BCUT2D eigenvalue weighted by Gasteiger charge is 2.29. The van der Waals surface area contributed by atoms with E-state index in [0.29, 0.717) is 30.9 Å². The molecule has 2 saturated heterocycles. The Morgan fingerprint density at radius 2 is 1.93 bits per heavy atom. The first-order valence-electron chi connectivity index (χ1n) is 9.80. The molecule has 1 aromatic heterocycles. The first kappa shape index (κ1) is 18.4. The van der Waals surface area contributed by atoms with Crippen LogP contribution in [-0.4, -0.2) is 78.0 Å². The summed E-state index contributed by atoms with van der Waals surface area (Å²) in [7, 11) is 0. The largest absolute Gasteiger partial charge is 0.392 e. The Balaban J connectivity index is 1.27. The zero-order chi connectivity index (χ0) is 18.6. The average Bonchev–Trinajstić information content (AvgIpc) is 3.12. The number of hydrogen-bond donors (Lipinski definition) is 1. The monoisotopic (exact) mass is 373 g/mol. The standard InChI is InChI=1S/C20H27N3O4/c24-18(14-22-9-11-26-12-10-22)15-5-7-23(8-6-15)20(25)13-17-16-3-1-2-4-19(16)27-21-17/h1-4,15,18,24H,5-14H2. The first-order valence-corrected chi connectivity index (χ1v) is 9.80. The number of aliphatic hydroxyl groups is 1. The lowest BCUT2D eigenvalue weighted by atomic mass is 9.90. The van der Waals surface area contributed by atoms with Crippen LogP contribution in [0.15, 0.2) is 28.8 Å². The molecule has 2 aliphatic heterocycles. The number of fused-ring (bicyclic) bond motifs is 1. The molecule has 0 spiro atoms. The average molecular weight is 373 g/mol. The third-order valence-electron chi connectivity index (χ3n) is 5.76. The van der Waals surface area contributed by atoms with Gasteiger partial charge in [0.25, 0.3) is 0 Å². The van der Waals surface area contributed by atoms with Gasteiger partial charge in [-0.25, -0.2) is 0 Å². The van der Waals surface area contributed by atoms with Gasteiger partial charge in [0.15, 0.2) is 5.58 Å². The van der Waals surface area contributed by atoms with Crippen molar-refractivity contribution in [1.29, 1.82) is 0 Å². The topological polar surface area (TPSA) is 79.0 Å². The predicted octanol–water partition coefficient (Wildman–Crippen LogP) is 1.30. The molecule has 2 aliphatic rings. The Hall–Kier alpha value is -1.96. The number of aliphatic hydroxyl groups excluding tert-OH is 1. The number of nitrogens with zero attached hydrogens (tertiary/aromatic N) is 3. The molecule has 0 bridgehead atoms. The van der Waals surface area contributed by atoms with Gasteiger partial charge in [-0.2, -0.15) is 0 Å². The number of carbonyl (C=O) groups is 1. The molecule has 27 heavy (non-hydrogen) atoms. The summed E-state index contributed by atoms with van der Waals surface area (Å²) in [6, 6.07) is 7.61. The number of aromatic nitrogens is 1. The maximum absolute atomic E-state index is 12.7. The Morgan fingerprint density at radius 1 is 1.19 bits per heavy atom. The second-order valence-electron chi connectivity index (χ2n) is 7.50. The first-order chi connectivity index (χ1) is 13.2. The van der Waals surface area contributed by atoms with E-state index in [1.54, 1.807) is 0 Å². The predicted molar refractivity (Wildman–Crippen MR) is 100 cm³/mol. The highest BCUT2D eigenvalue weighted by atomic mass is 16.5. The molecule has 7 heteroatoms. The van der Waals surface area contributed by atoms with Gasteiger partial charge in [0.1, 0.15) is 5.69 Å². The molecule has 3 heterocycles. The number of rotatable bonds is 5. The quantitative estimate of drug-likeness (QED) is 0.851. The van der Waals surface area contributed by atoms with Crippen LogP contribution in [0, 0.1) is 5.92 Å². The molecule has 2 aromatic rings. The summed E-state index contributed by atoms with van der Waals surface area (Å²) in [6.07, 6.45) is 1.62. The van der Waals surface area contributed by atoms with Crippen molar-refractivity contribution in [2.75, 3.05) is 45.9 Å². The fourth-order valence-corrected chi connectivity index (χ4v) is 4.05. The summed E-state index contributed by atoms with van der Waals surface area (Å²) < 4.78 is 10.6. The smallest absolute Gasteiger partial charge is 0.228 e. The van der Waals surface area contributed by atoms with Crippen LogP contribution in [0.5, 0.6) is 0 Å². The van der Waals surface area contributed by atoms with E-state index >= 15 is 0 Å². The summed E-state index contributed by atoms with van der Waals surface area (Å²) in [6.45, 7) is 5.36. The Bertz CT molecular complexity index is 763. The maximum Gasteiger partial charge on any atom is 0.228 e. The van der Waals surface area contributed by atoms with E-state index in [4.69, 9.17) is 9.26 Å². The van der Waals surface area contributed by atoms with Crippen molar-refractivity contribution in [3.63, 3.8) is 0 Å². The number of benzene rings is 1. The molecule has 1 N–H and O–H groups in total. The van der Waals surface area contributed by atoms with E-state index in [9.17, 15) is 9.90 Å². The number of β-amino-alcohol motifs (C(OH)–C–C–N with tert-alkyl or cyclic N) is 1. The molecular weight excluding hydrogens is 346 g/mol. The Kier molecular flexibility index (Phi) is 5.71. The van der Waals surface area contributed by atoms with Crippen LogP contribution in [0.2, 0.25) is 0 Å². The van der Waals surface area contributed by atoms with Crippen LogP contribution in [0.3, 0.4) is 0 Å². The van der Waals surface area contributed by atoms with E-state index in [0.717, 1.165) is 44.5 Å². The van der Waals surface area contributed by atoms with Crippen LogP contribution < -0.4 is 0 Å². The van der Waals surface area contributed by atoms with Gasteiger partial charge < -0.3 is 19.3 Å². The molecule has 1 atom stereocenters. The lowest BCUT2D eigenvalue weighted by Gasteiger charge is -2.36. The fourth-order valence-electron chi connectivity index (χ4n) is 4.05. The van der Waals surface area contributed by atoms with Gasteiger partial charge in [-0.1, -0.05) is 17.3 Å². The molecule has 0 saturated carbocycles. The van der Waals surface area contributed by atoms with Gasteiger partial charge in [0.2, 0.25) is 5.91 Å². The summed E-state index contributed by atoms with van der Waals surface area (Å²) in [5.74, 6) is 0.333. The van der Waals surface area contributed by atoms with Crippen molar-refractivity contribution in [2.45, 2.75) is 25.4 Å². The highest BCUT2D eigenvalue weighted by Crippen LogP contribution is 2.23. The Labute approximate surface area is 158 Å². The lowest BCUT2D eigenvalue weighted by Crippen LogP contribution is -2.46. The fraction of sp³-hybridized carbons (Fsp3) is 0.600. The summed E-state index contributed by atoms with van der Waals surface area (Å²) in [4.78, 5) is 16.8. The molecule has 4 rings (SSSR count). The van der Waals surface area contributed by atoms with Crippen molar-refractivity contribution < 1.29 is 19.2 Å². The van der Waals surface area contributed by atoms with Gasteiger partial charge in [0, 0.05) is 38.1 Å². The molecule has 1 amide bonds.